The van der Waals surface area contributed by atoms with E-state index in [2.05, 4.69) is 19.2 Å². The average Bonchev–Trinajstić information content (AvgIpc) is 2.53. The molecular weight excluding hydrogens is 324 g/mol. The molecule has 2 rings (SSSR count). The van der Waals surface area contributed by atoms with Crippen molar-refractivity contribution in [2.75, 3.05) is 30.9 Å². The lowest BCUT2D eigenvalue weighted by atomic mass is 10.0. The number of nitrogens with zero attached hydrogens (tertiary/aromatic N) is 1. The van der Waals surface area contributed by atoms with Crippen molar-refractivity contribution >= 4 is 28.9 Å². The SMILES string of the molecule is CC(C)c1ccccc1OCC(=O)Nc1cc(Cl)ccc1N(C)C. The summed E-state index contributed by atoms with van der Waals surface area (Å²) >= 11 is 6.03. The normalized spacial score (nSPS) is 10.6. The summed E-state index contributed by atoms with van der Waals surface area (Å²) in [6, 6.07) is 13.2. The Morgan fingerprint density at radius 3 is 2.58 bits per heavy atom. The highest BCUT2D eigenvalue weighted by Gasteiger charge is 2.12. The van der Waals surface area contributed by atoms with Gasteiger partial charge in [0.2, 0.25) is 0 Å². The molecule has 0 saturated heterocycles. The molecular formula is C19H23ClN2O2. The predicted molar refractivity (Wildman–Crippen MR) is 100 cm³/mol. The van der Waals surface area contributed by atoms with Crippen molar-refractivity contribution in [1.82, 2.24) is 0 Å². The second-order valence-electron chi connectivity index (χ2n) is 6.09. The van der Waals surface area contributed by atoms with Crippen LogP contribution in [0.4, 0.5) is 11.4 Å². The molecule has 5 heteroatoms. The molecule has 0 aliphatic carbocycles. The molecule has 0 fully saturated rings. The number of ether oxygens (including phenoxy) is 1. The smallest absolute Gasteiger partial charge is 0.262 e. The van der Waals surface area contributed by atoms with Crippen LogP contribution < -0.4 is 15.0 Å². The number of rotatable bonds is 6. The number of nitrogens with one attached hydrogen (secondary N) is 1. The van der Waals surface area contributed by atoms with Gasteiger partial charge in [0, 0.05) is 19.1 Å². The lowest BCUT2D eigenvalue weighted by Gasteiger charge is -2.18. The van der Waals surface area contributed by atoms with Gasteiger partial charge < -0.3 is 15.0 Å². The Kier molecular flexibility index (Phi) is 6.10. The molecule has 4 nitrogen and oxygen atoms in total. The number of hydrogen-bond donors (Lipinski definition) is 1. The number of para-hydroxylation sites is 1. The standard InChI is InChI=1S/C19H23ClN2O2/c1-13(2)15-7-5-6-8-18(15)24-12-19(23)21-16-11-14(20)9-10-17(16)22(3)4/h5-11,13H,12H2,1-4H3,(H,21,23). The number of hydrogen-bond acceptors (Lipinski definition) is 3. The molecule has 0 aliphatic heterocycles. The van der Waals surface area contributed by atoms with Gasteiger partial charge in [-0.25, -0.2) is 0 Å². The van der Waals surface area contributed by atoms with Crippen molar-refractivity contribution < 1.29 is 9.53 Å². The van der Waals surface area contributed by atoms with Gasteiger partial charge in [0.25, 0.3) is 5.91 Å². The molecule has 0 aromatic heterocycles. The lowest BCUT2D eigenvalue weighted by molar-refractivity contribution is -0.118. The summed E-state index contributed by atoms with van der Waals surface area (Å²) in [7, 11) is 3.82. The third kappa shape index (κ3) is 4.65. The van der Waals surface area contributed by atoms with Crippen molar-refractivity contribution in [3.05, 3.63) is 53.1 Å². The van der Waals surface area contributed by atoms with E-state index in [0.717, 1.165) is 17.0 Å². The first-order valence-corrected chi connectivity index (χ1v) is 8.24. The van der Waals surface area contributed by atoms with E-state index < -0.39 is 0 Å². The van der Waals surface area contributed by atoms with Crippen LogP contribution in [0.5, 0.6) is 5.75 Å². The molecule has 0 saturated carbocycles. The van der Waals surface area contributed by atoms with Crippen LogP contribution in [0.3, 0.4) is 0 Å². The Balaban J connectivity index is 2.06. The highest BCUT2D eigenvalue weighted by atomic mass is 35.5. The summed E-state index contributed by atoms with van der Waals surface area (Å²) < 4.78 is 5.70. The Hall–Kier alpha value is -2.20. The molecule has 0 heterocycles. The maximum atomic E-state index is 12.3. The van der Waals surface area contributed by atoms with Gasteiger partial charge in [-0.05, 0) is 35.7 Å². The molecule has 2 aromatic rings. The third-order valence-electron chi connectivity index (χ3n) is 3.61. The fraction of sp³-hybridized carbons (Fsp3) is 0.316. The number of carbonyl (C=O) groups is 1. The second kappa shape index (κ2) is 8.06. The summed E-state index contributed by atoms with van der Waals surface area (Å²) in [5.74, 6) is 0.845. The highest BCUT2D eigenvalue weighted by Crippen LogP contribution is 2.28. The summed E-state index contributed by atoms with van der Waals surface area (Å²) in [5, 5.41) is 3.43. The lowest BCUT2D eigenvalue weighted by Crippen LogP contribution is -2.22. The van der Waals surface area contributed by atoms with Crippen LogP contribution in [0.2, 0.25) is 5.02 Å². The first kappa shape index (κ1) is 18.1. The minimum atomic E-state index is -0.223. The molecule has 128 valence electrons. The van der Waals surface area contributed by atoms with Crippen LogP contribution in [-0.2, 0) is 4.79 Å². The Labute approximate surface area is 148 Å². The van der Waals surface area contributed by atoms with E-state index >= 15 is 0 Å². The molecule has 1 amide bonds. The topological polar surface area (TPSA) is 41.6 Å². The minimum Gasteiger partial charge on any atom is -0.483 e. The Bertz CT molecular complexity index is 714. The zero-order valence-corrected chi connectivity index (χ0v) is 15.2. The first-order chi connectivity index (χ1) is 11.4. The van der Waals surface area contributed by atoms with E-state index in [1.165, 1.54) is 0 Å². The average molecular weight is 347 g/mol. The second-order valence-corrected chi connectivity index (χ2v) is 6.52. The van der Waals surface area contributed by atoms with E-state index in [1.807, 2.05) is 49.3 Å². The fourth-order valence-electron chi connectivity index (χ4n) is 2.42. The van der Waals surface area contributed by atoms with Gasteiger partial charge >= 0.3 is 0 Å². The van der Waals surface area contributed by atoms with Gasteiger partial charge in [-0.15, -0.1) is 0 Å². The van der Waals surface area contributed by atoms with Crippen LogP contribution in [0.15, 0.2) is 42.5 Å². The van der Waals surface area contributed by atoms with Crippen molar-refractivity contribution in [2.45, 2.75) is 19.8 Å². The zero-order chi connectivity index (χ0) is 17.7. The Morgan fingerprint density at radius 2 is 1.92 bits per heavy atom. The quantitative estimate of drug-likeness (QED) is 0.834. The van der Waals surface area contributed by atoms with Crippen LogP contribution in [-0.4, -0.2) is 26.6 Å². The molecule has 1 N–H and O–H groups in total. The molecule has 24 heavy (non-hydrogen) atoms. The number of anilines is 2. The van der Waals surface area contributed by atoms with E-state index in [0.29, 0.717) is 16.6 Å². The molecule has 0 bridgehead atoms. The van der Waals surface area contributed by atoms with Crippen LogP contribution in [0.1, 0.15) is 25.3 Å². The number of amides is 1. The maximum absolute atomic E-state index is 12.3. The van der Waals surface area contributed by atoms with Crippen molar-refractivity contribution in [2.24, 2.45) is 0 Å². The van der Waals surface area contributed by atoms with Crippen LogP contribution in [0.25, 0.3) is 0 Å². The van der Waals surface area contributed by atoms with Gasteiger partial charge in [-0.3, -0.25) is 4.79 Å². The summed E-state index contributed by atoms with van der Waals surface area (Å²) in [6.45, 7) is 4.14. The molecule has 0 unspecified atom stereocenters. The summed E-state index contributed by atoms with van der Waals surface area (Å²) in [5.41, 5.74) is 2.63. The van der Waals surface area contributed by atoms with Crippen molar-refractivity contribution in [3.8, 4) is 5.75 Å². The highest BCUT2D eigenvalue weighted by molar-refractivity contribution is 6.31. The van der Waals surface area contributed by atoms with Crippen molar-refractivity contribution in [3.63, 3.8) is 0 Å². The predicted octanol–water partition coefficient (Wildman–Crippen LogP) is 4.55. The van der Waals surface area contributed by atoms with E-state index in [1.54, 1.807) is 12.1 Å². The van der Waals surface area contributed by atoms with Crippen molar-refractivity contribution in [1.29, 1.82) is 0 Å². The monoisotopic (exact) mass is 346 g/mol. The van der Waals surface area contributed by atoms with Crippen LogP contribution >= 0.6 is 11.6 Å². The summed E-state index contributed by atoms with van der Waals surface area (Å²) in [6.07, 6.45) is 0. The molecule has 2 aromatic carbocycles. The number of halogens is 1. The summed E-state index contributed by atoms with van der Waals surface area (Å²) in [4.78, 5) is 14.2. The van der Waals surface area contributed by atoms with E-state index in [4.69, 9.17) is 16.3 Å². The number of benzene rings is 2. The fourth-order valence-corrected chi connectivity index (χ4v) is 2.59. The van der Waals surface area contributed by atoms with Gasteiger partial charge in [-0.1, -0.05) is 43.6 Å². The van der Waals surface area contributed by atoms with Gasteiger partial charge in [0.1, 0.15) is 5.75 Å². The third-order valence-corrected chi connectivity index (χ3v) is 3.85. The molecule has 0 aliphatic rings. The van der Waals surface area contributed by atoms with E-state index in [9.17, 15) is 4.79 Å². The number of carbonyl (C=O) groups excluding carboxylic acids is 1. The minimum absolute atomic E-state index is 0.0525. The van der Waals surface area contributed by atoms with Gasteiger partial charge in [0.05, 0.1) is 11.4 Å². The van der Waals surface area contributed by atoms with Crippen LogP contribution in [0, 0.1) is 0 Å². The molecule has 0 radical (unpaired) electrons. The first-order valence-electron chi connectivity index (χ1n) is 7.87. The van der Waals surface area contributed by atoms with E-state index in [-0.39, 0.29) is 12.5 Å². The zero-order valence-electron chi connectivity index (χ0n) is 14.5. The maximum Gasteiger partial charge on any atom is 0.262 e. The molecule has 0 atom stereocenters. The van der Waals surface area contributed by atoms with Gasteiger partial charge in [-0.2, -0.15) is 0 Å². The molecule has 0 spiro atoms. The largest absolute Gasteiger partial charge is 0.483 e. The Morgan fingerprint density at radius 1 is 1.21 bits per heavy atom. The van der Waals surface area contributed by atoms with Gasteiger partial charge in [0.15, 0.2) is 6.61 Å².